The molecule has 1 N–H and O–H groups in total. The van der Waals surface area contributed by atoms with Gasteiger partial charge in [-0.2, -0.15) is 10.4 Å². The zero-order valence-corrected chi connectivity index (χ0v) is 16.5. The van der Waals surface area contributed by atoms with Crippen molar-refractivity contribution in [2.75, 3.05) is 5.32 Å². The second-order valence-corrected chi connectivity index (χ2v) is 9.00. The van der Waals surface area contributed by atoms with E-state index in [-0.39, 0.29) is 11.3 Å². The number of thiophene rings is 1. The van der Waals surface area contributed by atoms with Crippen LogP contribution < -0.4 is 5.32 Å². The van der Waals surface area contributed by atoms with Crippen LogP contribution in [0.3, 0.4) is 0 Å². The standard InChI is InChI=1S/C20H24N4OS/c1-20(2,3)14-6-7-15-16(10-21)19(26-17(15)9-14)23-18(25)8-5-13-11-22-24(4)12-13/h5,8,11-12,14H,6-7,9H2,1-4H3,(H,23,25)/b8-5+. The van der Waals surface area contributed by atoms with Crippen LogP contribution in [-0.4, -0.2) is 15.7 Å². The van der Waals surface area contributed by atoms with E-state index in [0.29, 0.717) is 16.5 Å². The Morgan fingerprint density at radius 1 is 1.50 bits per heavy atom. The minimum atomic E-state index is -0.226. The van der Waals surface area contributed by atoms with Crippen LogP contribution in [0.5, 0.6) is 0 Å². The molecule has 1 aliphatic rings. The number of fused-ring (bicyclic) bond motifs is 1. The molecule has 1 amide bonds. The number of hydrogen-bond donors (Lipinski definition) is 1. The van der Waals surface area contributed by atoms with Gasteiger partial charge in [0.05, 0.1) is 11.8 Å². The number of nitrogens with zero attached hydrogens (tertiary/aromatic N) is 3. The van der Waals surface area contributed by atoms with Gasteiger partial charge in [-0.25, -0.2) is 0 Å². The number of anilines is 1. The zero-order chi connectivity index (χ0) is 18.9. The molecule has 0 bridgehead atoms. The first kappa shape index (κ1) is 18.4. The van der Waals surface area contributed by atoms with Gasteiger partial charge in [0.15, 0.2) is 0 Å². The van der Waals surface area contributed by atoms with Gasteiger partial charge in [0, 0.05) is 29.8 Å². The first-order chi connectivity index (χ1) is 12.3. The van der Waals surface area contributed by atoms with Crippen molar-refractivity contribution < 1.29 is 4.79 Å². The number of nitriles is 1. The molecule has 1 aliphatic carbocycles. The molecule has 6 heteroatoms. The quantitative estimate of drug-likeness (QED) is 0.827. The van der Waals surface area contributed by atoms with Crippen molar-refractivity contribution in [3.05, 3.63) is 40.0 Å². The highest BCUT2D eigenvalue weighted by atomic mass is 32.1. The van der Waals surface area contributed by atoms with Crippen LogP contribution in [0.4, 0.5) is 5.00 Å². The van der Waals surface area contributed by atoms with Crippen LogP contribution in [-0.2, 0) is 24.7 Å². The summed E-state index contributed by atoms with van der Waals surface area (Å²) >= 11 is 1.56. The first-order valence-corrected chi connectivity index (χ1v) is 9.62. The summed E-state index contributed by atoms with van der Waals surface area (Å²) in [5, 5.41) is 17.2. The maximum Gasteiger partial charge on any atom is 0.249 e. The van der Waals surface area contributed by atoms with Gasteiger partial charge in [0.1, 0.15) is 11.1 Å². The molecule has 1 unspecified atom stereocenters. The molecule has 2 aromatic heterocycles. The summed E-state index contributed by atoms with van der Waals surface area (Å²) in [6, 6.07) is 2.30. The fourth-order valence-electron chi connectivity index (χ4n) is 3.38. The Hall–Kier alpha value is -2.39. The van der Waals surface area contributed by atoms with Gasteiger partial charge >= 0.3 is 0 Å². The second-order valence-electron chi connectivity index (χ2n) is 7.90. The maximum atomic E-state index is 12.3. The molecule has 3 rings (SSSR count). The summed E-state index contributed by atoms with van der Waals surface area (Å²) in [4.78, 5) is 13.5. The van der Waals surface area contributed by atoms with Crippen LogP contribution in [0.2, 0.25) is 0 Å². The highest BCUT2D eigenvalue weighted by Gasteiger charge is 2.32. The van der Waals surface area contributed by atoms with E-state index in [1.165, 1.54) is 11.0 Å². The lowest BCUT2D eigenvalue weighted by Gasteiger charge is -2.33. The van der Waals surface area contributed by atoms with Crippen LogP contribution in [0.1, 0.15) is 48.8 Å². The highest BCUT2D eigenvalue weighted by Crippen LogP contribution is 2.43. The minimum Gasteiger partial charge on any atom is -0.313 e. The summed E-state index contributed by atoms with van der Waals surface area (Å²) in [7, 11) is 1.83. The van der Waals surface area contributed by atoms with Gasteiger partial charge in [-0.1, -0.05) is 20.8 Å². The minimum absolute atomic E-state index is 0.226. The summed E-state index contributed by atoms with van der Waals surface area (Å²) in [5.74, 6) is 0.380. The van der Waals surface area contributed by atoms with E-state index in [0.717, 1.165) is 30.4 Å². The second kappa shape index (κ2) is 7.08. The smallest absolute Gasteiger partial charge is 0.249 e. The van der Waals surface area contributed by atoms with Gasteiger partial charge in [0.25, 0.3) is 0 Å². The first-order valence-electron chi connectivity index (χ1n) is 8.80. The van der Waals surface area contributed by atoms with Crippen molar-refractivity contribution in [2.24, 2.45) is 18.4 Å². The maximum absolute atomic E-state index is 12.3. The molecule has 2 aromatic rings. The van der Waals surface area contributed by atoms with E-state index < -0.39 is 0 Å². The Labute approximate surface area is 158 Å². The number of rotatable bonds is 3. The average Bonchev–Trinajstić information content (AvgIpc) is 3.14. The van der Waals surface area contributed by atoms with Crippen molar-refractivity contribution in [1.29, 1.82) is 5.26 Å². The summed E-state index contributed by atoms with van der Waals surface area (Å²) in [5.41, 5.74) is 2.89. The van der Waals surface area contributed by atoms with Crippen LogP contribution in [0.25, 0.3) is 6.08 Å². The van der Waals surface area contributed by atoms with Crippen LogP contribution >= 0.6 is 11.3 Å². The lowest BCUT2D eigenvalue weighted by atomic mass is 9.72. The van der Waals surface area contributed by atoms with Gasteiger partial charge in [-0.15, -0.1) is 11.3 Å². The van der Waals surface area contributed by atoms with Crippen molar-refractivity contribution >= 4 is 28.3 Å². The van der Waals surface area contributed by atoms with Gasteiger partial charge in [0.2, 0.25) is 5.91 Å². The third-order valence-corrected chi connectivity index (χ3v) is 6.16. The molecule has 0 radical (unpaired) electrons. The molecule has 5 nitrogen and oxygen atoms in total. The van der Waals surface area contributed by atoms with Crippen molar-refractivity contribution in [3.63, 3.8) is 0 Å². The number of hydrogen-bond acceptors (Lipinski definition) is 4. The number of aromatic nitrogens is 2. The lowest BCUT2D eigenvalue weighted by molar-refractivity contribution is -0.111. The van der Waals surface area contributed by atoms with E-state index in [1.807, 2.05) is 13.2 Å². The van der Waals surface area contributed by atoms with E-state index in [2.05, 4.69) is 37.3 Å². The number of amides is 1. The molecular weight excluding hydrogens is 344 g/mol. The number of carbonyl (C=O) groups excluding carboxylic acids is 1. The zero-order valence-electron chi connectivity index (χ0n) is 15.7. The number of aryl methyl sites for hydroxylation is 1. The fraction of sp³-hybridized carbons (Fsp3) is 0.450. The molecule has 0 saturated heterocycles. The average molecular weight is 369 g/mol. The van der Waals surface area contributed by atoms with E-state index in [9.17, 15) is 10.1 Å². The highest BCUT2D eigenvalue weighted by molar-refractivity contribution is 7.16. The molecule has 0 aromatic carbocycles. The van der Waals surface area contributed by atoms with E-state index in [1.54, 1.807) is 28.3 Å². The summed E-state index contributed by atoms with van der Waals surface area (Å²) in [6.07, 6.45) is 9.72. The van der Waals surface area contributed by atoms with Crippen molar-refractivity contribution in [2.45, 2.75) is 40.0 Å². The number of nitrogens with one attached hydrogen (secondary N) is 1. The molecule has 26 heavy (non-hydrogen) atoms. The van der Waals surface area contributed by atoms with Crippen LogP contribution in [0.15, 0.2) is 18.5 Å². The van der Waals surface area contributed by atoms with Crippen molar-refractivity contribution in [1.82, 2.24) is 9.78 Å². The third kappa shape index (κ3) is 3.88. The molecule has 1 atom stereocenters. The molecule has 0 fully saturated rings. The Bertz CT molecular complexity index is 892. The Kier molecular flexibility index (Phi) is 5.01. The predicted molar refractivity (Wildman–Crippen MR) is 105 cm³/mol. The molecule has 0 aliphatic heterocycles. The topological polar surface area (TPSA) is 70.7 Å². The Morgan fingerprint density at radius 3 is 2.88 bits per heavy atom. The molecular formula is C20H24N4OS. The Morgan fingerprint density at radius 2 is 2.27 bits per heavy atom. The fourth-order valence-corrected chi connectivity index (χ4v) is 4.66. The van der Waals surface area contributed by atoms with Gasteiger partial charge in [-0.05, 0) is 42.2 Å². The summed E-state index contributed by atoms with van der Waals surface area (Å²) < 4.78 is 1.68. The van der Waals surface area contributed by atoms with Crippen LogP contribution in [0, 0.1) is 22.7 Å². The monoisotopic (exact) mass is 368 g/mol. The molecule has 136 valence electrons. The van der Waals surface area contributed by atoms with Gasteiger partial charge in [-0.3, -0.25) is 9.48 Å². The Balaban J connectivity index is 1.77. The van der Waals surface area contributed by atoms with E-state index in [4.69, 9.17) is 0 Å². The normalized spacial score (nSPS) is 17.1. The number of carbonyl (C=O) groups is 1. The molecule has 0 spiro atoms. The lowest BCUT2D eigenvalue weighted by Crippen LogP contribution is -2.26. The summed E-state index contributed by atoms with van der Waals surface area (Å²) in [6.45, 7) is 6.81. The predicted octanol–water partition coefficient (Wildman–Crippen LogP) is 4.16. The molecule has 0 saturated carbocycles. The third-order valence-electron chi connectivity index (χ3n) is 4.99. The SMILES string of the molecule is Cn1cc(/C=C/C(=O)Nc2sc3c(c2C#N)CCC(C(C)(C)C)C3)cn1. The largest absolute Gasteiger partial charge is 0.313 e. The van der Waals surface area contributed by atoms with Gasteiger partial charge < -0.3 is 5.32 Å². The van der Waals surface area contributed by atoms with E-state index >= 15 is 0 Å². The van der Waals surface area contributed by atoms with Crippen molar-refractivity contribution in [3.8, 4) is 6.07 Å². The molecule has 2 heterocycles.